The highest BCUT2D eigenvalue weighted by molar-refractivity contribution is 6.06. The van der Waals surface area contributed by atoms with Crippen molar-refractivity contribution < 1.29 is 9.90 Å². The number of pyridine rings is 1. The maximum absolute atomic E-state index is 13.1. The number of hydrogen-bond acceptors (Lipinski definition) is 4. The largest absolute Gasteiger partial charge is 0.508 e. The molecular formula is C23H19N5O2. The molecule has 0 radical (unpaired) electrons. The second kappa shape index (κ2) is 7.36. The minimum Gasteiger partial charge on any atom is -0.508 e. The first kappa shape index (κ1) is 17.9. The first-order valence-electron chi connectivity index (χ1n) is 9.63. The Kier molecular flexibility index (Phi) is 4.40. The Hall–Kier alpha value is -4.13. The predicted molar refractivity (Wildman–Crippen MR) is 114 cm³/mol. The van der Waals surface area contributed by atoms with Gasteiger partial charge in [0.1, 0.15) is 17.2 Å². The number of carbonyl (C=O) groups is 1. The summed E-state index contributed by atoms with van der Waals surface area (Å²) in [7, 11) is 0. The van der Waals surface area contributed by atoms with E-state index in [2.05, 4.69) is 25.3 Å². The van der Waals surface area contributed by atoms with Crippen LogP contribution in [0, 0.1) is 0 Å². The maximum Gasteiger partial charge on any atom is 0.254 e. The average molecular weight is 397 g/mol. The van der Waals surface area contributed by atoms with Crippen LogP contribution in [-0.4, -0.2) is 30.9 Å². The third kappa shape index (κ3) is 3.37. The summed E-state index contributed by atoms with van der Waals surface area (Å²) in [5.41, 5.74) is 3.92. The molecule has 0 fully saturated rings. The summed E-state index contributed by atoms with van der Waals surface area (Å²) >= 11 is 0. The summed E-state index contributed by atoms with van der Waals surface area (Å²) in [5.74, 6) is 0.670. The highest BCUT2D eigenvalue weighted by Gasteiger charge is 2.22. The Morgan fingerprint density at radius 1 is 1.07 bits per heavy atom. The van der Waals surface area contributed by atoms with Crippen molar-refractivity contribution in [1.82, 2.24) is 25.3 Å². The molecule has 0 bridgehead atoms. The number of para-hydroxylation sites is 2. The molecule has 0 saturated carbocycles. The van der Waals surface area contributed by atoms with Crippen molar-refractivity contribution in [3.63, 3.8) is 0 Å². The molecule has 7 nitrogen and oxygen atoms in total. The maximum atomic E-state index is 13.1. The Morgan fingerprint density at radius 3 is 2.73 bits per heavy atom. The smallest absolute Gasteiger partial charge is 0.254 e. The number of hydrogen-bond donors (Lipinski definition) is 4. The summed E-state index contributed by atoms with van der Waals surface area (Å²) in [5, 5.41) is 13.5. The molecule has 0 aliphatic heterocycles. The first-order chi connectivity index (χ1) is 14.7. The molecule has 7 heteroatoms. The number of aromatic nitrogens is 4. The van der Waals surface area contributed by atoms with Crippen molar-refractivity contribution in [2.75, 3.05) is 0 Å². The molecule has 5 aromatic rings. The number of aromatic amines is 2. The fourth-order valence-electron chi connectivity index (χ4n) is 3.60. The Morgan fingerprint density at radius 2 is 1.90 bits per heavy atom. The van der Waals surface area contributed by atoms with Crippen LogP contribution in [0.3, 0.4) is 0 Å². The number of aromatic hydroxyl groups is 1. The van der Waals surface area contributed by atoms with E-state index in [0.29, 0.717) is 23.5 Å². The molecule has 1 unspecified atom stereocenters. The van der Waals surface area contributed by atoms with Crippen LogP contribution < -0.4 is 5.32 Å². The van der Waals surface area contributed by atoms with Gasteiger partial charge in [-0.1, -0.05) is 24.3 Å². The topological polar surface area (TPSA) is 107 Å². The van der Waals surface area contributed by atoms with Gasteiger partial charge in [-0.2, -0.15) is 0 Å². The van der Waals surface area contributed by atoms with Crippen molar-refractivity contribution in [3.8, 4) is 5.75 Å². The predicted octanol–water partition coefficient (Wildman–Crippen LogP) is 3.86. The van der Waals surface area contributed by atoms with Crippen LogP contribution in [0.1, 0.15) is 27.8 Å². The van der Waals surface area contributed by atoms with E-state index < -0.39 is 0 Å². The van der Waals surface area contributed by atoms with Gasteiger partial charge >= 0.3 is 0 Å². The number of nitrogens with one attached hydrogen (secondary N) is 3. The van der Waals surface area contributed by atoms with Crippen LogP contribution in [-0.2, 0) is 6.42 Å². The van der Waals surface area contributed by atoms with Crippen molar-refractivity contribution >= 4 is 28.0 Å². The standard InChI is InChI=1S/C23H19N5O2/c29-15-9-7-14(8-10-15)12-20(22-26-18-5-1-2-6-19(18)27-22)28-23(30)17-13-25-21-16(17)4-3-11-24-21/h1-11,13,20,29H,12H2,(H,24,25)(H,26,27)(H,28,30). The van der Waals surface area contributed by atoms with Gasteiger partial charge in [-0.3, -0.25) is 4.79 Å². The first-order valence-corrected chi connectivity index (χ1v) is 9.63. The van der Waals surface area contributed by atoms with E-state index in [-0.39, 0.29) is 17.7 Å². The molecule has 0 saturated heterocycles. The molecule has 2 aromatic carbocycles. The summed E-state index contributed by atoms with van der Waals surface area (Å²) in [6.07, 6.45) is 3.87. The molecule has 3 heterocycles. The number of carbonyl (C=O) groups excluding carboxylic acids is 1. The number of fused-ring (bicyclic) bond motifs is 2. The molecule has 148 valence electrons. The summed E-state index contributed by atoms with van der Waals surface area (Å²) < 4.78 is 0. The van der Waals surface area contributed by atoms with Gasteiger partial charge in [0.25, 0.3) is 5.91 Å². The fourth-order valence-corrected chi connectivity index (χ4v) is 3.60. The van der Waals surface area contributed by atoms with Crippen molar-refractivity contribution in [1.29, 1.82) is 0 Å². The number of phenols is 1. The lowest BCUT2D eigenvalue weighted by Gasteiger charge is -2.17. The van der Waals surface area contributed by atoms with Gasteiger partial charge in [-0.25, -0.2) is 9.97 Å². The Labute approximate surface area is 171 Å². The number of imidazole rings is 1. The normalized spacial score (nSPS) is 12.3. The molecule has 0 aliphatic rings. The zero-order valence-corrected chi connectivity index (χ0v) is 16.0. The lowest BCUT2D eigenvalue weighted by molar-refractivity contribution is 0.0936. The Bertz CT molecular complexity index is 1300. The van der Waals surface area contributed by atoms with Gasteiger partial charge < -0.3 is 20.4 Å². The van der Waals surface area contributed by atoms with E-state index in [9.17, 15) is 9.90 Å². The van der Waals surface area contributed by atoms with Crippen molar-refractivity contribution in [2.24, 2.45) is 0 Å². The summed E-state index contributed by atoms with van der Waals surface area (Å²) in [4.78, 5) is 28.4. The van der Waals surface area contributed by atoms with Crippen LogP contribution in [0.25, 0.3) is 22.1 Å². The van der Waals surface area contributed by atoms with E-state index >= 15 is 0 Å². The number of benzene rings is 2. The lowest BCUT2D eigenvalue weighted by atomic mass is 10.0. The van der Waals surface area contributed by atoms with Gasteiger partial charge in [0.2, 0.25) is 0 Å². The molecule has 0 spiro atoms. The number of rotatable bonds is 5. The van der Waals surface area contributed by atoms with E-state index in [1.165, 1.54) is 0 Å². The van der Waals surface area contributed by atoms with Crippen molar-refractivity contribution in [2.45, 2.75) is 12.5 Å². The molecule has 30 heavy (non-hydrogen) atoms. The fraction of sp³-hybridized carbons (Fsp3) is 0.0870. The van der Waals surface area contributed by atoms with E-state index in [4.69, 9.17) is 0 Å². The molecule has 5 rings (SSSR count). The Balaban J connectivity index is 1.49. The van der Waals surface area contributed by atoms with Gasteiger partial charge in [0.15, 0.2) is 0 Å². The summed E-state index contributed by atoms with van der Waals surface area (Å²) in [6, 6.07) is 18.0. The molecule has 3 aromatic heterocycles. The SMILES string of the molecule is O=C(NC(Cc1ccc(O)cc1)c1nc2ccccc2[nH]1)c1c[nH]c2ncccc12. The number of phenolic OH excluding ortho intramolecular Hbond substituents is 1. The quantitative estimate of drug-likeness (QED) is 0.361. The molecule has 1 atom stereocenters. The molecule has 4 N–H and O–H groups in total. The zero-order valence-electron chi connectivity index (χ0n) is 16.0. The van der Waals surface area contributed by atoms with E-state index in [0.717, 1.165) is 22.0 Å². The van der Waals surface area contributed by atoms with Crippen LogP contribution in [0.2, 0.25) is 0 Å². The van der Waals surface area contributed by atoms with E-state index in [1.807, 2.05) is 42.5 Å². The number of amides is 1. The van der Waals surface area contributed by atoms with E-state index in [1.54, 1.807) is 30.6 Å². The van der Waals surface area contributed by atoms with Crippen LogP contribution in [0.15, 0.2) is 73.1 Å². The molecule has 0 aliphatic carbocycles. The van der Waals surface area contributed by atoms with Crippen LogP contribution in [0.4, 0.5) is 0 Å². The minimum atomic E-state index is -0.379. The van der Waals surface area contributed by atoms with Crippen molar-refractivity contribution in [3.05, 3.63) is 90.0 Å². The second-order valence-electron chi connectivity index (χ2n) is 7.14. The second-order valence-corrected chi connectivity index (χ2v) is 7.14. The monoisotopic (exact) mass is 397 g/mol. The van der Waals surface area contributed by atoms with Crippen LogP contribution >= 0.6 is 0 Å². The highest BCUT2D eigenvalue weighted by Crippen LogP contribution is 2.23. The van der Waals surface area contributed by atoms with Crippen LogP contribution in [0.5, 0.6) is 5.75 Å². The number of nitrogens with zero attached hydrogens (tertiary/aromatic N) is 2. The minimum absolute atomic E-state index is 0.203. The van der Waals surface area contributed by atoms with Gasteiger partial charge in [-0.15, -0.1) is 0 Å². The number of H-pyrrole nitrogens is 2. The zero-order chi connectivity index (χ0) is 20.5. The van der Waals surface area contributed by atoms with Gasteiger partial charge in [0, 0.05) is 17.8 Å². The third-order valence-corrected chi connectivity index (χ3v) is 5.11. The third-order valence-electron chi connectivity index (χ3n) is 5.11. The molecule has 1 amide bonds. The highest BCUT2D eigenvalue weighted by atomic mass is 16.3. The summed E-state index contributed by atoms with van der Waals surface area (Å²) in [6.45, 7) is 0. The van der Waals surface area contributed by atoms with Gasteiger partial charge in [0.05, 0.1) is 22.6 Å². The average Bonchev–Trinajstić information content (AvgIpc) is 3.39. The van der Waals surface area contributed by atoms with Gasteiger partial charge in [-0.05, 0) is 48.4 Å². The molecular weight excluding hydrogens is 378 g/mol. The lowest BCUT2D eigenvalue weighted by Crippen LogP contribution is -2.30.